The van der Waals surface area contributed by atoms with Gasteiger partial charge in [-0.05, 0) is 31.0 Å². The fourth-order valence-electron chi connectivity index (χ4n) is 1.85. The van der Waals surface area contributed by atoms with Crippen molar-refractivity contribution >= 4 is 37.5 Å². The lowest BCUT2D eigenvalue weighted by Gasteiger charge is -2.22. The lowest BCUT2D eigenvalue weighted by molar-refractivity contribution is -0.121. The molecule has 110 valence electrons. The molecule has 1 aliphatic carbocycles. The Balaban J connectivity index is 2.06. The van der Waals surface area contributed by atoms with Gasteiger partial charge in [-0.1, -0.05) is 22.0 Å². The highest BCUT2D eigenvalue weighted by molar-refractivity contribution is 9.10. The number of hydrogen-bond donors (Lipinski definition) is 1. The molecule has 5 nitrogen and oxygen atoms in total. The minimum absolute atomic E-state index is 0.101. The summed E-state index contributed by atoms with van der Waals surface area (Å²) >= 11 is 3.32. The highest BCUT2D eigenvalue weighted by Gasteiger charge is 2.24. The molecule has 7 heteroatoms. The molecule has 1 aromatic carbocycles. The van der Waals surface area contributed by atoms with Gasteiger partial charge in [0.15, 0.2) is 0 Å². The van der Waals surface area contributed by atoms with Gasteiger partial charge in [0.25, 0.3) is 0 Å². The van der Waals surface area contributed by atoms with Crippen molar-refractivity contribution in [3.63, 3.8) is 0 Å². The van der Waals surface area contributed by atoms with Gasteiger partial charge in [0.05, 0.1) is 11.9 Å². The molecule has 0 saturated heterocycles. The van der Waals surface area contributed by atoms with E-state index in [0.29, 0.717) is 11.7 Å². The van der Waals surface area contributed by atoms with Crippen LogP contribution in [0.4, 0.5) is 5.69 Å². The van der Waals surface area contributed by atoms with Crippen molar-refractivity contribution in [3.8, 4) is 0 Å². The van der Waals surface area contributed by atoms with Gasteiger partial charge in [0.1, 0.15) is 0 Å². The van der Waals surface area contributed by atoms with Gasteiger partial charge in [0, 0.05) is 23.5 Å². The molecule has 1 aromatic rings. The molecule has 0 heterocycles. The van der Waals surface area contributed by atoms with Gasteiger partial charge in [0.2, 0.25) is 15.9 Å². The summed E-state index contributed by atoms with van der Waals surface area (Å²) in [4.78, 5) is 11.7. The number of halogens is 1. The first-order valence-electron chi connectivity index (χ1n) is 6.39. The maximum Gasteiger partial charge on any atom is 0.232 e. The van der Waals surface area contributed by atoms with Crippen molar-refractivity contribution in [2.45, 2.75) is 25.3 Å². The number of carbonyl (C=O) groups excluding carboxylic acids is 1. The third-order valence-corrected chi connectivity index (χ3v) is 4.67. The number of benzene rings is 1. The average molecular weight is 361 g/mol. The van der Waals surface area contributed by atoms with Crippen LogP contribution in [0.15, 0.2) is 28.7 Å². The summed E-state index contributed by atoms with van der Waals surface area (Å²) in [6, 6.07) is 7.32. The SMILES string of the molecule is CS(=O)(=O)N(CCC(=O)NC1CC1)c1cccc(Br)c1. The molecule has 1 N–H and O–H groups in total. The van der Waals surface area contributed by atoms with Gasteiger partial charge in [-0.2, -0.15) is 0 Å². The van der Waals surface area contributed by atoms with E-state index in [4.69, 9.17) is 0 Å². The molecule has 0 bridgehead atoms. The van der Waals surface area contributed by atoms with Crippen molar-refractivity contribution < 1.29 is 13.2 Å². The molecular formula is C13H17BrN2O3S. The third kappa shape index (κ3) is 4.49. The third-order valence-electron chi connectivity index (χ3n) is 2.98. The normalized spacial score (nSPS) is 14.9. The Labute approximate surface area is 127 Å². The van der Waals surface area contributed by atoms with E-state index in [1.165, 1.54) is 4.31 Å². The smallest absolute Gasteiger partial charge is 0.232 e. The molecular weight excluding hydrogens is 344 g/mol. The topological polar surface area (TPSA) is 66.5 Å². The number of rotatable bonds is 6. The van der Waals surface area contributed by atoms with Crippen molar-refractivity contribution in [1.29, 1.82) is 0 Å². The second-order valence-corrected chi connectivity index (χ2v) is 7.73. The van der Waals surface area contributed by atoms with Crippen LogP contribution in [0.1, 0.15) is 19.3 Å². The van der Waals surface area contributed by atoms with E-state index in [9.17, 15) is 13.2 Å². The van der Waals surface area contributed by atoms with E-state index in [2.05, 4.69) is 21.2 Å². The van der Waals surface area contributed by atoms with Gasteiger partial charge >= 0.3 is 0 Å². The van der Waals surface area contributed by atoms with E-state index in [1.54, 1.807) is 18.2 Å². The zero-order valence-electron chi connectivity index (χ0n) is 11.2. The summed E-state index contributed by atoms with van der Waals surface area (Å²) in [7, 11) is -3.41. The predicted octanol–water partition coefficient (Wildman–Crippen LogP) is 1.88. The summed E-state index contributed by atoms with van der Waals surface area (Å²) < 4.78 is 25.8. The van der Waals surface area contributed by atoms with Gasteiger partial charge in [-0.15, -0.1) is 0 Å². The number of anilines is 1. The number of sulfonamides is 1. The Hall–Kier alpha value is -1.08. The fourth-order valence-corrected chi connectivity index (χ4v) is 3.15. The lowest BCUT2D eigenvalue weighted by atomic mass is 10.3. The van der Waals surface area contributed by atoms with E-state index in [1.807, 2.05) is 6.07 Å². The Morgan fingerprint density at radius 3 is 2.70 bits per heavy atom. The molecule has 20 heavy (non-hydrogen) atoms. The minimum Gasteiger partial charge on any atom is -0.353 e. The van der Waals surface area contributed by atoms with E-state index in [0.717, 1.165) is 23.6 Å². The van der Waals surface area contributed by atoms with Crippen LogP contribution in [-0.2, 0) is 14.8 Å². The van der Waals surface area contributed by atoms with Gasteiger partial charge in [-0.3, -0.25) is 9.10 Å². The molecule has 1 fully saturated rings. The van der Waals surface area contributed by atoms with Crippen LogP contribution in [0.3, 0.4) is 0 Å². The molecule has 1 saturated carbocycles. The average Bonchev–Trinajstić information content (AvgIpc) is 3.11. The molecule has 1 aliphatic rings. The first-order chi connectivity index (χ1) is 9.36. The number of amides is 1. The monoisotopic (exact) mass is 360 g/mol. The van der Waals surface area contributed by atoms with Crippen LogP contribution >= 0.6 is 15.9 Å². The highest BCUT2D eigenvalue weighted by atomic mass is 79.9. The molecule has 0 aliphatic heterocycles. The van der Waals surface area contributed by atoms with Gasteiger partial charge < -0.3 is 5.32 Å². The number of nitrogens with one attached hydrogen (secondary N) is 1. The largest absolute Gasteiger partial charge is 0.353 e. The molecule has 0 spiro atoms. The van der Waals surface area contributed by atoms with E-state index in [-0.39, 0.29) is 18.9 Å². The molecule has 2 rings (SSSR count). The standard InChI is InChI=1S/C13H17BrN2O3S/c1-20(18,19)16(12-4-2-3-10(14)9-12)8-7-13(17)15-11-5-6-11/h2-4,9,11H,5-8H2,1H3,(H,15,17). The van der Waals surface area contributed by atoms with E-state index >= 15 is 0 Å². The first-order valence-corrected chi connectivity index (χ1v) is 9.03. The number of carbonyl (C=O) groups is 1. The summed E-state index contributed by atoms with van der Waals surface area (Å²) in [5.41, 5.74) is 0.557. The van der Waals surface area contributed by atoms with Crippen LogP contribution in [0, 0.1) is 0 Å². The molecule has 0 aromatic heterocycles. The predicted molar refractivity (Wildman–Crippen MR) is 82.1 cm³/mol. The van der Waals surface area contributed by atoms with Crippen molar-refractivity contribution in [2.24, 2.45) is 0 Å². The maximum atomic E-state index is 11.9. The Morgan fingerprint density at radius 2 is 2.15 bits per heavy atom. The second kappa shape index (κ2) is 6.13. The Kier molecular flexibility index (Phi) is 4.70. The summed E-state index contributed by atoms with van der Waals surface area (Å²) in [6.45, 7) is 0.147. The minimum atomic E-state index is -3.41. The van der Waals surface area contributed by atoms with Crippen LogP contribution in [0.25, 0.3) is 0 Å². The van der Waals surface area contributed by atoms with Crippen LogP contribution < -0.4 is 9.62 Å². The summed E-state index contributed by atoms with van der Waals surface area (Å²) in [5, 5.41) is 2.85. The zero-order chi connectivity index (χ0) is 14.8. The summed E-state index contributed by atoms with van der Waals surface area (Å²) in [6.07, 6.45) is 3.35. The lowest BCUT2D eigenvalue weighted by Crippen LogP contribution is -2.35. The summed E-state index contributed by atoms with van der Waals surface area (Å²) in [5.74, 6) is -0.101. The van der Waals surface area contributed by atoms with Crippen molar-refractivity contribution in [2.75, 3.05) is 17.1 Å². The molecule has 0 radical (unpaired) electrons. The maximum absolute atomic E-state index is 11.9. The van der Waals surface area contributed by atoms with Crippen LogP contribution in [0.2, 0.25) is 0 Å². The Bertz CT molecular complexity index is 599. The second-order valence-electron chi connectivity index (χ2n) is 4.91. The highest BCUT2D eigenvalue weighted by Crippen LogP contribution is 2.23. The van der Waals surface area contributed by atoms with E-state index < -0.39 is 10.0 Å². The molecule has 0 unspecified atom stereocenters. The molecule has 0 atom stereocenters. The molecule has 1 amide bonds. The zero-order valence-corrected chi connectivity index (χ0v) is 13.6. The number of nitrogens with zero attached hydrogens (tertiary/aromatic N) is 1. The quantitative estimate of drug-likeness (QED) is 0.842. The van der Waals surface area contributed by atoms with Crippen LogP contribution in [-0.4, -0.2) is 33.2 Å². The fraction of sp³-hybridized carbons (Fsp3) is 0.462. The number of hydrogen-bond acceptors (Lipinski definition) is 3. The Morgan fingerprint density at radius 1 is 1.45 bits per heavy atom. The van der Waals surface area contributed by atoms with Crippen molar-refractivity contribution in [3.05, 3.63) is 28.7 Å². The first kappa shape index (κ1) is 15.3. The van der Waals surface area contributed by atoms with Gasteiger partial charge in [-0.25, -0.2) is 8.42 Å². The van der Waals surface area contributed by atoms with Crippen molar-refractivity contribution in [1.82, 2.24) is 5.32 Å². The van der Waals surface area contributed by atoms with Crippen LogP contribution in [0.5, 0.6) is 0 Å².